The maximum atomic E-state index is 12.3. The largest absolute Gasteiger partial charge is 0.495 e. The molecule has 1 aromatic carbocycles. The quantitative estimate of drug-likeness (QED) is 0.851. The van der Waals surface area contributed by atoms with Gasteiger partial charge in [-0.1, -0.05) is 12.1 Å². The van der Waals surface area contributed by atoms with Gasteiger partial charge in [-0.3, -0.25) is 0 Å². The van der Waals surface area contributed by atoms with E-state index < -0.39 is 0 Å². The van der Waals surface area contributed by atoms with Crippen molar-refractivity contribution in [2.75, 3.05) is 38.6 Å². The molecule has 7 nitrogen and oxygen atoms in total. The first-order valence-electron chi connectivity index (χ1n) is 6.92. The van der Waals surface area contributed by atoms with Crippen LogP contribution in [-0.4, -0.2) is 61.2 Å². The van der Waals surface area contributed by atoms with Gasteiger partial charge in [0.05, 0.1) is 18.8 Å². The van der Waals surface area contributed by atoms with Crippen LogP contribution < -0.4 is 15.4 Å². The molecule has 2 heterocycles. The zero-order valence-electron chi connectivity index (χ0n) is 11.8. The van der Waals surface area contributed by atoms with Crippen molar-refractivity contribution in [2.45, 2.75) is 6.04 Å². The summed E-state index contributed by atoms with van der Waals surface area (Å²) in [6, 6.07) is 7.15. The van der Waals surface area contributed by atoms with Gasteiger partial charge in [0.25, 0.3) is 0 Å². The summed E-state index contributed by atoms with van der Waals surface area (Å²) in [6.45, 7) is 2.23. The number of hydrogen-bond donors (Lipinski definition) is 2. The molecule has 1 atom stereocenters. The second-order valence-corrected chi connectivity index (χ2v) is 5.11. The van der Waals surface area contributed by atoms with E-state index in [1.807, 2.05) is 12.1 Å². The van der Waals surface area contributed by atoms with E-state index in [1.54, 1.807) is 29.0 Å². The van der Waals surface area contributed by atoms with Gasteiger partial charge >= 0.3 is 12.1 Å². The Kier molecular flexibility index (Phi) is 3.55. The summed E-state index contributed by atoms with van der Waals surface area (Å²) in [5.41, 5.74) is 0.646. The molecule has 3 rings (SSSR count). The van der Waals surface area contributed by atoms with Crippen molar-refractivity contribution in [3.63, 3.8) is 0 Å². The number of para-hydroxylation sites is 2. The molecule has 21 heavy (non-hydrogen) atoms. The summed E-state index contributed by atoms with van der Waals surface area (Å²) in [6.07, 6.45) is 0. The maximum absolute atomic E-state index is 12.3. The van der Waals surface area contributed by atoms with Crippen LogP contribution in [0.3, 0.4) is 0 Å². The number of fused-ring (bicyclic) bond motifs is 1. The number of rotatable bonds is 2. The third-order valence-electron chi connectivity index (χ3n) is 3.87. The van der Waals surface area contributed by atoms with Crippen LogP contribution in [0.4, 0.5) is 15.3 Å². The zero-order valence-corrected chi connectivity index (χ0v) is 11.8. The lowest BCUT2D eigenvalue weighted by atomic mass is 10.2. The summed E-state index contributed by atoms with van der Waals surface area (Å²) < 4.78 is 5.22. The van der Waals surface area contributed by atoms with Crippen LogP contribution in [0.15, 0.2) is 24.3 Å². The van der Waals surface area contributed by atoms with Crippen molar-refractivity contribution in [1.29, 1.82) is 0 Å². The molecule has 2 aliphatic heterocycles. The second-order valence-electron chi connectivity index (χ2n) is 5.11. The number of carbonyl (C=O) groups excluding carboxylic acids is 2. The lowest BCUT2D eigenvalue weighted by Crippen LogP contribution is -2.54. The summed E-state index contributed by atoms with van der Waals surface area (Å²) in [7, 11) is 1.57. The van der Waals surface area contributed by atoms with E-state index in [1.165, 1.54) is 0 Å². The van der Waals surface area contributed by atoms with Gasteiger partial charge in [-0.15, -0.1) is 0 Å². The molecule has 7 heteroatoms. The minimum Gasteiger partial charge on any atom is -0.495 e. The lowest BCUT2D eigenvalue weighted by Gasteiger charge is -2.36. The monoisotopic (exact) mass is 290 g/mol. The van der Waals surface area contributed by atoms with Crippen LogP contribution in [0.2, 0.25) is 0 Å². The Morgan fingerprint density at radius 3 is 3.00 bits per heavy atom. The number of carbonyl (C=O) groups is 2. The summed E-state index contributed by atoms with van der Waals surface area (Å²) in [4.78, 5) is 27.4. The molecule has 112 valence electrons. The molecule has 0 aliphatic carbocycles. The van der Waals surface area contributed by atoms with Crippen LogP contribution in [0.1, 0.15) is 0 Å². The Labute approximate surface area is 122 Å². The van der Waals surface area contributed by atoms with Crippen molar-refractivity contribution >= 4 is 17.7 Å². The smallest absolute Gasteiger partial charge is 0.322 e. The Balaban J connectivity index is 1.65. The maximum Gasteiger partial charge on any atom is 0.322 e. The first-order chi connectivity index (χ1) is 10.2. The molecule has 4 amide bonds. The third-order valence-corrected chi connectivity index (χ3v) is 3.87. The standard InChI is InChI=1S/C14H18N4O3/c1-21-12-5-3-2-4-11(12)16-14(20)17-6-7-18-10(9-17)8-15-13(18)19/h2-5,10H,6-9H2,1H3,(H,15,19)(H,16,20)/t10-/m0/s1. The third kappa shape index (κ3) is 2.58. The number of hydrogen-bond acceptors (Lipinski definition) is 3. The van der Waals surface area contributed by atoms with Crippen LogP contribution in [0, 0.1) is 0 Å². The minimum absolute atomic E-state index is 0.0372. The van der Waals surface area contributed by atoms with E-state index in [-0.39, 0.29) is 18.1 Å². The Morgan fingerprint density at radius 1 is 1.38 bits per heavy atom. The van der Waals surface area contributed by atoms with Gasteiger partial charge in [0.1, 0.15) is 5.75 Å². The van der Waals surface area contributed by atoms with E-state index in [9.17, 15) is 9.59 Å². The fourth-order valence-electron chi connectivity index (χ4n) is 2.73. The average molecular weight is 290 g/mol. The number of amides is 4. The first-order valence-corrected chi connectivity index (χ1v) is 6.92. The minimum atomic E-state index is -0.168. The fourth-order valence-corrected chi connectivity index (χ4v) is 2.73. The number of nitrogens with one attached hydrogen (secondary N) is 2. The Morgan fingerprint density at radius 2 is 2.19 bits per heavy atom. The van der Waals surface area contributed by atoms with Gasteiger partial charge in [0, 0.05) is 26.2 Å². The van der Waals surface area contributed by atoms with Gasteiger partial charge in [-0.05, 0) is 12.1 Å². The van der Waals surface area contributed by atoms with E-state index >= 15 is 0 Å². The molecule has 2 saturated heterocycles. The average Bonchev–Trinajstić information content (AvgIpc) is 2.88. The van der Waals surface area contributed by atoms with Crippen LogP contribution in [-0.2, 0) is 0 Å². The number of nitrogens with zero attached hydrogens (tertiary/aromatic N) is 2. The topological polar surface area (TPSA) is 73.9 Å². The number of anilines is 1. The van der Waals surface area contributed by atoms with E-state index in [0.717, 1.165) is 0 Å². The molecule has 0 bridgehead atoms. The van der Waals surface area contributed by atoms with Gasteiger partial charge in [0.15, 0.2) is 0 Å². The van der Waals surface area contributed by atoms with Crippen molar-refractivity contribution in [3.8, 4) is 5.75 Å². The molecule has 2 aliphatic rings. The highest BCUT2D eigenvalue weighted by Crippen LogP contribution is 2.24. The van der Waals surface area contributed by atoms with E-state index in [0.29, 0.717) is 37.6 Å². The van der Waals surface area contributed by atoms with Gasteiger partial charge < -0.3 is 25.2 Å². The molecule has 2 fully saturated rings. The molecular weight excluding hydrogens is 272 g/mol. The van der Waals surface area contributed by atoms with Gasteiger partial charge in [-0.2, -0.15) is 0 Å². The highest BCUT2D eigenvalue weighted by atomic mass is 16.5. The predicted molar refractivity (Wildman–Crippen MR) is 77.5 cm³/mol. The molecule has 2 N–H and O–H groups in total. The highest BCUT2D eigenvalue weighted by molar-refractivity contribution is 5.91. The number of ether oxygens (including phenoxy) is 1. The number of benzene rings is 1. The van der Waals surface area contributed by atoms with Crippen molar-refractivity contribution < 1.29 is 14.3 Å². The lowest BCUT2D eigenvalue weighted by molar-refractivity contribution is 0.136. The van der Waals surface area contributed by atoms with Crippen LogP contribution >= 0.6 is 0 Å². The molecule has 0 unspecified atom stereocenters. The van der Waals surface area contributed by atoms with E-state index in [4.69, 9.17) is 4.74 Å². The zero-order chi connectivity index (χ0) is 14.8. The predicted octanol–water partition coefficient (Wildman–Crippen LogP) is 0.936. The number of methoxy groups -OCH3 is 1. The Bertz CT molecular complexity index is 563. The molecule has 0 spiro atoms. The molecule has 1 aromatic rings. The first kappa shape index (κ1) is 13.5. The molecule has 0 aromatic heterocycles. The van der Waals surface area contributed by atoms with E-state index in [2.05, 4.69) is 10.6 Å². The molecular formula is C14H18N4O3. The summed E-state index contributed by atoms with van der Waals surface area (Å²) in [5, 5.41) is 5.66. The number of piperazine rings is 1. The highest BCUT2D eigenvalue weighted by Gasteiger charge is 2.36. The van der Waals surface area contributed by atoms with Gasteiger partial charge in [0.2, 0.25) is 0 Å². The molecule has 0 saturated carbocycles. The van der Waals surface area contributed by atoms with Crippen LogP contribution in [0.25, 0.3) is 0 Å². The second kappa shape index (κ2) is 5.51. The SMILES string of the molecule is COc1ccccc1NC(=O)N1CCN2C(=O)NC[C@H]2C1. The molecule has 0 radical (unpaired) electrons. The van der Waals surface area contributed by atoms with Gasteiger partial charge in [-0.25, -0.2) is 9.59 Å². The summed E-state index contributed by atoms with van der Waals surface area (Å²) in [5.74, 6) is 0.627. The summed E-state index contributed by atoms with van der Waals surface area (Å²) >= 11 is 0. The fraction of sp³-hybridized carbons (Fsp3) is 0.429. The van der Waals surface area contributed by atoms with Crippen molar-refractivity contribution in [1.82, 2.24) is 15.1 Å². The normalized spacial score (nSPS) is 20.8. The van der Waals surface area contributed by atoms with Crippen molar-refractivity contribution in [3.05, 3.63) is 24.3 Å². The van der Waals surface area contributed by atoms with Crippen molar-refractivity contribution in [2.24, 2.45) is 0 Å². The van der Waals surface area contributed by atoms with Crippen LogP contribution in [0.5, 0.6) is 5.75 Å². The Hall–Kier alpha value is -2.44. The number of urea groups is 2.